The van der Waals surface area contributed by atoms with E-state index >= 15 is 0 Å². The van der Waals surface area contributed by atoms with Gasteiger partial charge in [0.05, 0.1) is 12.7 Å². The summed E-state index contributed by atoms with van der Waals surface area (Å²) in [4.78, 5) is 25.8. The predicted molar refractivity (Wildman–Crippen MR) is 87.9 cm³/mol. The molecule has 2 aromatic rings. The minimum absolute atomic E-state index is 0.197. The molecule has 6 nitrogen and oxygen atoms in total. The first-order chi connectivity index (χ1) is 11.1. The average Bonchev–Trinajstić information content (AvgIpc) is 3.20. The highest BCUT2D eigenvalue weighted by atomic mass is 32.1. The predicted octanol–water partition coefficient (Wildman–Crippen LogP) is 2.81. The lowest BCUT2D eigenvalue weighted by Gasteiger charge is -2.13. The smallest absolute Gasteiger partial charge is 0.341 e. The van der Waals surface area contributed by atoms with Crippen molar-refractivity contribution >= 4 is 28.2 Å². The van der Waals surface area contributed by atoms with Gasteiger partial charge in [0.15, 0.2) is 0 Å². The van der Waals surface area contributed by atoms with Crippen LogP contribution in [0.1, 0.15) is 46.6 Å². The van der Waals surface area contributed by atoms with Crippen LogP contribution in [0.5, 0.6) is 0 Å². The third-order valence-corrected chi connectivity index (χ3v) is 5.31. The summed E-state index contributed by atoms with van der Waals surface area (Å²) in [6.07, 6.45) is 7.36. The zero-order valence-corrected chi connectivity index (χ0v) is 14.0. The number of anilines is 1. The Labute approximate surface area is 138 Å². The van der Waals surface area contributed by atoms with Gasteiger partial charge in [-0.15, -0.1) is 11.3 Å². The summed E-state index contributed by atoms with van der Waals surface area (Å²) in [5.74, 6) is -0.580. The quantitative estimate of drug-likeness (QED) is 0.873. The number of carbonyl (C=O) groups excluding carboxylic acids is 2. The van der Waals surface area contributed by atoms with E-state index in [1.54, 1.807) is 30.1 Å². The number of hydrogen-bond acceptors (Lipinski definition) is 5. The Kier molecular flexibility index (Phi) is 4.47. The standard InChI is InChI=1S/C16H19N3O3S/c1-10(19-9-5-8-17-19)14(20)18-15-13(16(21)22-2)11-6-3-4-7-12(11)23-15/h5,8-10H,3-4,6-7H2,1-2H3,(H,18,20). The van der Waals surface area contributed by atoms with E-state index in [4.69, 9.17) is 4.74 Å². The molecule has 1 aliphatic carbocycles. The lowest BCUT2D eigenvalue weighted by atomic mass is 9.95. The average molecular weight is 333 g/mol. The number of amides is 1. The number of aryl methyl sites for hydroxylation is 1. The number of nitrogens with one attached hydrogen (secondary N) is 1. The van der Waals surface area contributed by atoms with Crippen molar-refractivity contribution in [1.82, 2.24) is 9.78 Å². The fraction of sp³-hybridized carbons (Fsp3) is 0.438. The second-order valence-corrected chi connectivity index (χ2v) is 6.66. The summed E-state index contributed by atoms with van der Waals surface area (Å²) in [5, 5.41) is 7.56. The van der Waals surface area contributed by atoms with E-state index < -0.39 is 6.04 Å². The van der Waals surface area contributed by atoms with Crippen LogP contribution in [0.25, 0.3) is 0 Å². The highest BCUT2D eigenvalue weighted by molar-refractivity contribution is 7.17. The third kappa shape index (κ3) is 3.01. The molecule has 2 heterocycles. The van der Waals surface area contributed by atoms with Crippen molar-refractivity contribution in [3.8, 4) is 0 Å². The van der Waals surface area contributed by atoms with Crippen LogP contribution in [0.4, 0.5) is 5.00 Å². The van der Waals surface area contributed by atoms with Crippen molar-refractivity contribution in [1.29, 1.82) is 0 Å². The summed E-state index contributed by atoms with van der Waals surface area (Å²) >= 11 is 1.49. The van der Waals surface area contributed by atoms with Gasteiger partial charge in [-0.05, 0) is 44.2 Å². The van der Waals surface area contributed by atoms with E-state index in [1.807, 2.05) is 0 Å². The normalized spacial score (nSPS) is 14.9. The van der Waals surface area contributed by atoms with Crippen LogP contribution in [0.2, 0.25) is 0 Å². The van der Waals surface area contributed by atoms with Crippen molar-refractivity contribution in [2.24, 2.45) is 0 Å². The molecule has 1 amide bonds. The van der Waals surface area contributed by atoms with Crippen LogP contribution in [0.3, 0.4) is 0 Å². The number of carbonyl (C=O) groups is 2. The van der Waals surface area contributed by atoms with Crippen LogP contribution >= 0.6 is 11.3 Å². The largest absolute Gasteiger partial charge is 0.465 e. The Morgan fingerprint density at radius 2 is 2.17 bits per heavy atom. The monoisotopic (exact) mass is 333 g/mol. The molecule has 122 valence electrons. The SMILES string of the molecule is COC(=O)c1c(NC(=O)C(C)n2cccn2)sc2c1CCCC2. The third-order valence-electron chi connectivity index (χ3n) is 4.10. The molecule has 23 heavy (non-hydrogen) atoms. The zero-order valence-electron chi connectivity index (χ0n) is 13.2. The van der Waals surface area contributed by atoms with Gasteiger partial charge in [0.1, 0.15) is 11.0 Å². The molecule has 0 aliphatic heterocycles. The lowest BCUT2D eigenvalue weighted by Crippen LogP contribution is -2.24. The van der Waals surface area contributed by atoms with E-state index in [1.165, 1.54) is 23.3 Å². The first kappa shape index (κ1) is 15.7. The molecular weight excluding hydrogens is 314 g/mol. The number of esters is 1. The molecule has 3 rings (SSSR count). The van der Waals surface area contributed by atoms with Gasteiger partial charge in [-0.3, -0.25) is 9.48 Å². The molecule has 7 heteroatoms. The molecule has 1 N–H and O–H groups in total. The molecule has 0 saturated heterocycles. The minimum atomic E-state index is -0.449. The molecule has 0 fully saturated rings. The van der Waals surface area contributed by atoms with Crippen molar-refractivity contribution < 1.29 is 14.3 Å². The van der Waals surface area contributed by atoms with E-state index in [9.17, 15) is 9.59 Å². The molecule has 1 unspecified atom stereocenters. The van der Waals surface area contributed by atoms with Crippen LogP contribution in [0, 0.1) is 0 Å². The number of hydrogen-bond donors (Lipinski definition) is 1. The van der Waals surface area contributed by atoms with E-state index in [2.05, 4.69) is 10.4 Å². The van der Waals surface area contributed by atoms with Crippen molar-refractivity contribution in [2.75, 3.05) is 12.4 Å². The lowest BCUT2D eigenvalue weighted by molar-refractivity contribution is -0.119. The maximum atomic E-state index is 12.5. The molecule has 1 atom stereocenters. The zero-order chi connectivity index (χ0) is 16.4. The van der Waals surface area contributed by atoms with Crippen LogP contribution in [0.15, 0.2) is 18.5 Å². The number of ether oxygens (including phenoxy) is 1. The maximum absolute atomic E-state index is 12.5. The Hall–Kier alpha value is -2.15. The van der Waals surface area contributed by atoms with Crippen molar-refractivity contribution in [3.63, 3.8) is 0 Å². The molecule has 2 aromatic heterocycles. The molecule has 0 saturated carbocycles. The first-order valence-corrected chi connectivity index (χ1v) is 8.46. The number of fused-ring (bicyclic) bond motifs is 1. The Morgan fingerprint density at radius 3 is 2.87 bits per heavy atom. The molecule has 0 aromatic carbocycles. The Morgan fingerprint density at radius 1 is 1.39 bits per heavy atom. The van der Waals surface area contributed by atoms with Crippen molar-refractivity contribution in [3.05, 3.63) is 34.5 Å². The van der Waals surface area contributed by atoms with Gasteiger partial charge in [0.25, 0.3) is 0 Å². The van der Waals surface area contributed by atoms with Gasteiger partial charge in [0, 0.05) is 17.3 Å². The summed E-state index contributed by atoms with van der Waals surface area (Å²) in [5.41, 5.74) is 1.56. The van der Waals surface area contributed by atoms with Gasteiger partial charge >= 0.3 is 5.97 Å². The second kappa shape index (κ2) is 6.54. The van der Waals surface area contributed by atoms with Crippen molar-refractivity contribution in [2.45, 2.75) is 38.6 Å². The molecule has 0 radical (unpaired) electrons. The topological polar surface area (TPSA) is 73.2 Å². The Balaban J connectivity index is 1.88. The fourth-order valence-corrected chi connectivity index (χ4v) is 4.10. The van der Waals surface area contributed by atoms with Gasteiger partial charge in [-0.25, -0.2) is 4.79 Å². The second-order valence-electron chi connectivity index (χ2n) is 5.56. The number of aromatic nitrogens is 2. The van der Waals surface area contributed by atoms with Gasteiger partial charge in [-0.1, -0.05) is 0 Å². The molecule has 0 spiro atoms. The fourth-order valence-electron chi connectivity index (χ4n) is 2.82. The highest BCUT2D eigenvalue weighted by Crippen LogP contribution is 2.38. The van der Waals surface area contributed by atoms with Crippen LogP contribution < -0.4 is 5.32 Å². The Bertz CT molecular complexity index is 721. The highest BCUT2D eigenvalue weighted by Gasteiger charge is 2.28. The first-order valence-electron chi connectivity index (χ1n) is 7.64. The van der Waals surface area contributed by atoms with Gasteiger partial charge in [-0.2, -0.15) is 5.10 Å². The summed E-state index contributed by atoms with van der Waals surface area (Å²) in [6.45, 7) is 1.77. The summed E-state index contributed by atoms with van der Waals surface area (Å²) in [7, 11) is 1.37. The van der Waals surface area contributed by atoms with Crippen LogP contribution in [-0.2, 0) is 22.4 Å². The molecular formula is C16H19N3O3S. The summed E-state index contributed by atoms with van der Waals surface area (Å²) in [6, 6.07) is 1.32. The summed E-state index contributed by atoms with van der Waals surface area (Å²) < 4.78 is 6.50. The number of methoxy groups -OCH3 is 1. The molecule has 1 aliphatic rings. The maximum Gasteiger partial charge on any atom is 0.341 e. The van der Waals surface area contributed by atoms with E-state index in [-0.39, 0.29) is 11.9 Å². The van der Waals surface area contributed by atoms with Gasteiger partial charge in [0.2, 0.25) is 5.91 Å². The number of nitrogens with zero attached hydrogens (tertiary/aromatic N) is 2. The minimum Gasteiger partial charge on any atom is -0.465 e. The number of rotatable bonds is 4. The van der Waals surface area contributed by atoms with E-state index in [0.29, 0.717) is 10.6 Å². The van der Waals surface area contributed by atoms with Crippen LogP contribution in [-0.4, -0.2) is 28.8 Å². The van der Waals surface area contributed by atoms with Gasteiger partial charge < -0.3 is 10.1 Å². The van der Waals surface area contributed by atoms with E-state index in [0.717, 1.165) is 31.2 Å². The number of thiophene rings is 1. The molecule has 0 bridgehead atoms.